The molecule has 460 valence electrons. The van der Waals surface area contributed by atoms with E-state index in [1.807, 2.05) is 38.1 Å². The molecule has 20 nitrogen and oxygen atoms in total. The minimum Gasteiger partial charge on any atom is -0.481 e. The van der Waals surface area contributed by atoms with Gasteiger partial charge in [0.1, 0.15) is 41.1 Å². The molecule has 3 aliphatic heterocycles. The number of carboxylic acids is 1. The van der Waals surface area contributed by atoms with Crippen LogP contribution in [-0.2, 0) is 63.8 Å². The molecule has 4 aliphatic rings. The van der Waals surface area contributed by atoms with Crippen molar-refractivity contribution in [2.45, 2.75) is 212 Å². The average Bonchev–Trinajstić information content (AvgIpc) is 2.02. The molecule has 2 saturated heterocycles. The van der Waals surface area contributed by atoms with Gasteiger partial charge in [-0.15, -0.1) is 11.8 Å². The van der Waals surface area contributed by atoms with Crippen LogP contribution in [0.4, 0.5) is 10.5 Å². The molecule has 3 unspecified atom stereocenters. The van der Waals surface area contributed by atoms with Crippen molar-refractivity contribution in [3.05, 3.63) is 52.1 Å². The number of epoxide rings is 1. The van der Waals surface area contributed by atoms with Crippen molar-refractivity contribution in [2.75, 3.05) is 31.3 Å². The van der Waals surface area contributed by atoms with Crippen LogP contribution in [-0.4, -0.2) is 147 Å². The number of ether oxygens (including phenoxy) is 3. The number of esters is 1. The van der Waals surface area contributed by atoms with Crippen molar-refractivity contribution in [3.8, 4) is 0 Å². The zero-order chi connectivity index (χ0) is 61.5. The normalized spacial score (nSPS) is 27.6. The van der Waals surface area contributed by atoms with Crippen LogP contribution in [0, 0.1) is 30.6 Å². The molecule has 5 amide bonds. The second-order valence-electron chi connectivity index (χ2n) is 23.5. The number of rotatable bonds is 25. The van der Waals surface area contributed by atoms with Gasteiger partial charge in [0.25, 0.3) is 0 Å². The number of carboxylic acid groups (broad SMARTS) is 1. The Labute approximate surface area is 497 Å². The Kier molecular flexibility index (Phi) is 25.4. The van der Waals surface area contributed by atoms with E-state index in [1.54, 1.807) is 40.8 Å². The third-order valence-corrected chi connectivity index (χ3v) is 18.7. The number of benzene rings is 1. The number of allylic oxidation sites excluding steroid dienone is 3. The second-order valence-corrected chi connectivity index (χ2v) is 25.2. The number of aliphatic carboxylic acids is 1. The molecule has 0 radical (unpaired) electrons. The number of halogens is 1. The fourth-order valence-corrected chi connectivity index (χ4v) is 12.5. The minimum absolute atomic E-state index is 0.00426. The van der Waals surface area contributed by atoms with E-state index in [-0.39, 0.29) is 79.4 Å². The lowest BCUT2D eigenvalue weighted by Crippen LogP contribution is -2.60. The summed E-state index contributed by atoms with van der Waals surface area (Å²) in [5, 5.41) is 29.1. The number of hydrogen-bond acceptors (Lipinski definition) is 15. The number of unbranched alkanes of at least 4 members (excludes halogenated alkanes) is 2. The van der Waals surface area contributed by atoms with Gasteiger partial charge in [-0.05, 0) is 103 Å². The number of amides is 5. The fraction of sp³-hybridized carbons (Fsp3) is 0.672. The lowest BCUT2D eigenvalue weighted by Gasteiger charge is -2.41. The number of alkyl carbamates (subject to hydrolysis) is 1. The molecule has 1 saturated carbocycles. The number of ketones is 3. The molecule has 5 rings (SSSR count). The summed E-state index contributed by atoms with van der Waals surface area (Å²) in [4.78, 5) is 132. The molecule has 1 aromatic rings. The summed E-state index contributed by atoms with van der Waals surface area (Å²) in [5.74, 6) is -4.82. The molecule has 83 heavy (non-hydrogen) atoms. The van der Waals surface area contributed by atoms with Crippen LogP contribution in [0.1, 0.15) is 162 Å². The van der Waals surface area contributed by atoms with Gasteiger partial charge in [0, 0.05) is 82.7 Å². The number of hydrogen-bond donors (Lipinski definition) is 5. The maximum absolute atomic E-state index is 14.4. The smallest absolute Gasteiger partial charge is 0.409 e. The molecule has 3 heterocycles. The van der Waals surface area contributed by atoms with Crippen molar-refractivity contribution >= 4 is 88.1 Å². The van der Waals surface area contributed by atoms with E-state index >= 15 is 0 Å². The topological polar surface area (TPSA) is 285 Å². The lowest BCUT2D eigenvalue weighted by molar-refractivity contribution is -0.162. The van der Waals surface area contributed by atoms with Crippen LogP contribution < -0.4 is 20.9 Å². The number of likely N-dealkylation sites (N-methyl/N-ethyl adjacent to an activating group) is 1. The highest BCUT2D eigenvalue weighted by Crippen LogP contribution is 2.49. The zero-order valence-electron chi connectivity index (χ0n) is 50.0. The van der Waals surface area contributed by atoms with E-state index < -0.39 is 101 Å². The average molecular weight is 1200 g/mol. The van der Waals surface area contributed by atoms with Gasteiger partial charge in [-0.3, -0.25) is 38.9 Å². The third kappa shape index (κ3) is 19.4. The van der Waals surface area contributed by atoms with Gasteiger partial charge in [0.15, 0.2) is 5.78 Å². The molecule has 1 aliphatic carbocycles. The number of Topliss-reactive ketones (excluding diaryl/α,β-unsaturated/α-hetero) is 3. The number of anilines is 1. The number of aliphatic hydroxyl groups is 1. The van der Waals surface area contributed by atoms with Gasteiger partial charge >= 0.3 is 18.0 Å². The highest BCUT2D eigenvalue weighted by Gasteiger charge is 2.64. The summed E-state index contributed by atoms with van der Waals surface area (Å²) in [6, 6.07) is 1.95. The molecule has 22 heteroatoms. The Bertz CT molecular complexity index is 2620. The van der Waals surface area contributed by atoms with Crippen molar-refractivity contribution in [2.24, 2.45) is 23.7 Å². The number of fused-ring (bicyclic) bond motifs is 5. The minimum atomic E-state index is -1.67. The van der Waals surface area contributed by atoms with E-state index in [2.05, 4.69) is 16.0 Å². The SMILES string of the molecule is CCC(=O)NC(CCCCCC(=O)C1CCC(CNC(=O)C(CC(=O)O)SCCC(=O)N(C)[C@@H](C)C(=O)O[C@H]2CC(=O)N(C)c3cc(cc(C)c3Cl)C/C(C)=C/C=C/[C@H](C)[C@@]3(O)CC(OC(=O)N3)[C@@H](C)[C@@H]3O[C@@]23C)CC1)C(=O)CCC(C)=O. The number of nitrogens with zero attached hydrogens (tertiary/aromatic N) is 2. The van der Waals surface area contributed by atoms with E-state index in [0.717, 1.165) is 28.5 Å². The first-order valence-electron chi connectivity index (χ1n) is 29.3. The summed E-state index contributed by atoms with van der Waals surface area (Å²) in [6.07, 6.45) is 7.51. The molecular formula is C61H88ClN5O15S. The van der Waals surface area contributed by atoms with Gasteiger partial charge in [-0.25, -0.2) is 9.59 Å². The summed E-state index contributed by atoms with van der Waals surface area (Å²) < 4.78 is 18.2. The maximum atomic E-state index is 14.4. The van der Waals surface area contributed by atoms with Crippen LogP contribution in [0.5, 0.6) is 0 Å². The van der Waals surface area contributed by atoms with Gasteiger partial charge in [-0.2, -0.15) is 0 Å². The third-order valence-electron chi connectivity index (χ3n) is 17.0. The number of carbonyl (C=O) groups is 10. The highest BCUT2D eigenvalue weighted by molar-refractivity contribution is 8.00. The summed E-state index contributed by atoms with van der Waals surface area (Å²) in [7, 11) is 3.00. The summed E-state index contributed by atoms with van der Waals surface area (Å²) >= 11 is 7.85. The first kappa shape index (κ1) is 68.1. The number of nitrogens with one attached hydrogen (secondary N) is 3. The van der Waals surface area contributed by atoms with Gasteiger partial charge in [0.05, 0.1) is 40.9 Å². The monoisotopic (exact) mass is 1200 g/mol. The molecule has 3 fully saturated rings. The van der Waals surface area contributed by atoms with Crippen molar-refractivity contribution in [3.63, 3.8) is 0 Å². The van der Waals surface area contributed by atoms with E-state index in [9.17, 15) is 58.2 Å². The fourth-order valence-electron chi connectivity index (χ4n) is 11.2. The molecular weight excluding hydrogens is 1110 g/mol. The molecule has 0 aromatic heterocycles. The summed E-state index contributed by atoms with van der Waals surface area (Å²) in [6.45, 7) is 14.0. The van der Waals surface area contributed by atoms with Crippen molar-refractivity contribution < 1.29 is 72.4 Å². The first-order chi connectivity index (χ1) is 39.1. The van der Waals surface area contributed by atoms with Crippen molar-refractivity contribution in [1.82, 2.24) is 20.9 Å². The van der Waals surface area contributed by atoms with Crippen LogP contribution in [0.15, 0.2) is 35.9 Å². The molecule has 0 spiro atoms. The van der Waals surface area contributed by atoms with Crippen LogP contribution in [0.2, 0.25) is 5.02 Å². The van der Waals surface area contributed by atoms with E-state index in [4.69, 9.17) is 25.8 Å². The molecule has 10 atom stereocenters. The lowest BCUT2D eigenvalue weighted by atomic mass is 9.79. The standard InChI is InChI=1S/C61H88ClN5O15S/c1-11-51(71)64-44(47(70)25-20-38(5)68)18-13-12-14-19-46(69)43-23-21-41(22-24-43)34-63-57(76)49(31-54(74)75)83-27-26-52(72)66(9)40(7)58(77)81-50-32-53(73)67(10)45-30-42(29-36(3)55(45)62)28-35(2)16-15-17-37(4)61(79)33-48(80-59(78)65-61)39(6)56-60(50,8)82-56/h15-17,29-30,37,39-41,43-44,48-50,56,79H,11-14,18-28,31-34H2,1-10H3,(H,63,76)(H,64,71)(H,65,78)(H,74,75)/b17-15+,35-16+/t37-,39+,40-,41?,43?,44?,48?,49?,50-,56-,60-,61-/m0/s1. The van der Waals surface area contributed by atoms with E-state index in [0.29, 0.717) is 81.5 Å². The van der Waals surface area contributed by atoms with Gasteiger partial charge in [-0.1, -0.05) is 75.1 Å². The Morgan fingerprint density at radius 2 is 1.70 bits per heavy atom. The van der Waals surface area contributed by atoms with Gasteiger partial charge < -0.3 is 49.7 Å². The second kappa shape index (κ2) is 31.0. The predicted molar refractivity (Wildman–Crippen MR) is 314 cm³/mol. The van der Waals surface area contributed by atoms with Crippen LogP contribution in [0.3, 0.4) is 0 Å². The Morgan fingerprint density at radius 3 is 2.36 bits per heavy atom. The van der Waals surface area contributed by atoms with Gasteiger partial charge in [0.2, 0.25) is 23.6 Å². The molecule has 4 bridgehead atoms. The van der Waals surface area contributed by atoms with Crippen molar-refractivity contribution in [1.29, 1.82) is 0 Å². The highest BCUT2D eigenvalue weighted by atomic mass is 35.5. The predicted octanol–water partition coefficient (Wildman–Crippen LogP) is 7.68. The Balaban J connectivity index is 1.14. The quantitative estimate of drug-likeness (QED) is 0.0356. The molecule has 1 aromatic carbocycles. The molecule has 5 N–H and O–H groups in total. The Morgan fingerprint density at radius 1 is 1.00 bits per heavy atom. The number of aryl methyl sites for hydroxylation is 1. The number of thioether (sulfide) groups is 1. The summed E-state index contributed by atoms with van der Waals surface area (Å²) in [5.41, 5.74) is 0.0891. The van der Waals surface area contributed by atoms with Crippen LogP contribution in [0.25, 0.3) is 0 Å². The Hall–Kier alpha value is -5.64. The number of carbonyl (C=O) groups excluding carboxylic acids is 9. The van der Waals surface area contributed by atoms with Crippen LogP contribution >= 0.6 is 23.4 Å². The maximum Gasteiger partial charge on any atom is 0.409 e. The largest absolute Gasteiger partial charge is 0.481 e. The zero-order valence-corrected chi connectivity index (χ0v) is 51.6. The van der Waals surface area contributed by atoms with E-state index in [1.165, 1.54) is 30.7 Å². The first-order valence-corrected chi connectivity index (χ1v) is 30.7.